The Hall–Kier alpha value is -1.76. The molecule has 0 N–H and O–H groups in total. The van der Waals surface area contributed by atoms with E-state index in [9.17, 15) is 61.9 Å². The minimum absolute atomic E-state index is 0.0341. The predicted octanol–water partition coefficient (Wildman–Crippen LogP) is 4.03. The monoisotopic (exact) mass is 730 g/mol. The molecule has 0 aromatic rings. The van der Waals surface area contributed by atoms with Crippen molar-refractivity contribution in [2.24, 2.45) is 0 Å². The van der Waals surface area contributed by atoms with Gasteiger partial charge >= 0.3 is 41.8 Å². The molecule has 0 aromatic carbocycles. The number of carbonyl (C=O) groups is 1. The lowest BCUT2D eigenvalue weighted by Crippen LogP contribution is -2.71. The number of methoxy groups -OCH3 is 1. The van der Waals surface area contributed by atoms with E-state index in [0.29, 0.717) is 52.9 Å². The molecule has 0 saturated carbocycles. The summed E-state index contributed by atoms with van der Waals surface area (Å²) in [5, 5.41) is 0. The van der Waals surface area contributed by atoms with Crippen molar-refractivity contribution < 1.29 is 105 Å². The molecule has 23 heteroatoms. The van der Waals surface area contributed by atoms with Gasteiger partial charge in [-0.05, 0) is 0 Å². The molecular formula is C24H35F13O10. The zero-order valence-corrected chi connectivity index (χ0v) is 24.8. The van der Waals surface area contributed by atoms with Crippen LogP contribution in [0.15, 0.2) is 0 Å². The van der Waals surface area contributed by atoms with Gasteiger partial charge in [0.15, 0.2) is 0 Å². The normalized spacial score (nSPS) is 13.7. The smallest absolute Gasteiger partial charge is 0.459 e. The Labute approximate surface area is 259 Å². The number of esters is 1. The molecule has 0 rings (SSSR count). The van der Waals surface area contributed by atoms with Crippen LogP contribution in [0, 0.1) is 0 Å². The quantitative estimate of drug-likeness (QED) is 0.0638. The van der Waals surface area contributed by atoms with Gasteiger partial charge in [-0.25, -0.2) is 4.79 Å². The van der Waals surface area contributed by atoms with E-state index in [0.717, 1.165) is 0 Å². The number of hydrogen-bond donors (Lipinski definition) is 0. The van der Waals surface area contributed by atoms with Gasteiger partial charge in [-0.15, -0.1) is 0 Å². The largest absolute Gasteiger partial charge is 0.460 e. The van der Waals surface area contributed by atoms with Crippen LogP contribution in [0.5, 0.6) is 0 Å². The molecule has 0 aliphatic heterocycles. The van der Waals surface area contributed by atoms with Crippen LogP contribution in [-0.2, 0) is 47.4 Å². The van der Waals surface area contributed by atoms with Gasteiger partial charge in [-0.3, -0.25) is 0 Å². The first kappa shape index (κ1) is 45.2. The lowest BCUT2D eigenvalue weighted by atomic mass is 9.94. The maximum absolute atomic E-state index is 13.6. The van der Waals surface area contributed by atoms with E-state index >= 15 is 0 Å². The summed E-state index contributed by atoms with van der Waals surface area (Å²) >= 11 is 0. The van der Waals surface area contributed by atoms with Gasteiger partial charge in [0.25, 0.3) is 0 Å². The summed E-state index contributed by atoms with van der Waals surface area (Å²) in [6.07, 6.45) is -7.55. The first-order valence-electron chi connectivity index (χ1n) is 13.4. The van der Waals surface area contributed by atoms with Gasteiger partial charge in [0.2, 0.25) is 0 Å². The second-order valence-electron chi connectivity index (χ2n) is 8.79. The molecule has 0 bridgehead atoms. The van der Waals surface area contributed by atoms with Gasteiger partial charge in [0.1, 0.15) is 6.61 Å². The summed E-state index contributed by atoms with van der Waals surface area (Å²) in [6.45, 7) is 1.10. The Kier molecular flexibility index (Phi) is 20.6. The van der Waals surface area contributed by atoms with Crippen LogP contribution in [0.3, 0.4) is 0 Å². The number of rotatable bonds is 29. The second kappa shape index (κ2) is 21.4. The van der Waals surface area contributed by atoms with E-state index < -0.39 is 55.0 Å². The van der Waals surface area contributed by atoms with Gasteiger partial charge < -0.3 is 42.6 Å². The first-order valence-corrected chi connectivity index (χ1v) is 13.4. The summed E-state index contributed by atoms with van der Waals surface area (Å²) in [7, 11) is 1.57. The van der Waals surface area contributed by atoms with E-state index in [4.69, 9.17) is 37.9 Å². The molecule has 0 aliphatic carbocycles. The molecule has 0 heterocycles. The highest BCUT2D eigenvalue weighted by atomic mass is 19.4. The van der Waals surface area contributed by atoms with E-state index in [1.165, 1.54) is 0 Å². The van der Waals surface area contributed by atoms with E-state index in [-0.39, 0.29) is 39.6 Å². The SMILES string of the molecule is COCCOCCOCCOCCOCCOCCOCCOCCOC(=O)C(F)(F)C(F)(F)C(F)(F)C(F)(F)C(F)(F)C(F)(F)F. The fourth-order valence-corrected chi connectivity index (χ4v) is 2.75. The Balaban J connectivity index is 4.01. The zero-order valence-electron chi connectivity index (χ0n) is 24.8. The minimum atomic E-state index is -8.11. The molecule has 0 saturated heterocycles. The highest BCUT2D eigenvalue weighted by molar-refractivity contribution is 5.79. The fourth-order valence-electron chi connectivity index (χ4n) is 2.75. The van der Waals surface area contributed by atoms with Crippen LogP contribution in [0.25, 0.3) is 0 Å². The molecule has 0 unspecified atom stereocenters. The Morgan fingerprint density at radius 1 is 0.383 bits per heavy atom. The Morgan fingerprint density at radius 2 is 0.638 bits per heavy atom. The minimum Gasteiger partial charge on any atom is -0.459 e. The number of carbonyl (C=O) groups excluding carboxylic acids is 1. The molecular weight excluding hydrogens is 695 g/mol. The summed E-state index contributed by atoms with van der Waals surface area (Å²) in [5.74, 6) is -42.4. The molecule has 0 fully saturated rings. The maximum atomic E-state index is 13.6. The Morgan fingerprint density at radius 3 is 0.915 bits per heavy atom. The lowest BCUT2D eigenvalue weighted by Gasteiger charge is -2.38. The topological polar surface area (TPSA) is 100 Å². The van der Waals surface area contributed by atoms with Crippen molar-refractivity contribution in [1.82, 2.24) is 0 Å². The van der Waals surface area contributed by atoms with Crippen molar-refractivity contribution in [1.29, 1.82) is 0 Å². The van der Waals surface area contributed by atoms with E-state index in [1.807, 2.05) is 0 Å². The number of alkyl halides is 13. The van der Waals surface area contributed by atoms with Crippen molar-refractivity contribution in [3.8, 4) is 0 Å². The third-order valence-corrected chi connectivity index (χ3v) is 5.31. The van der Waals surface area contributed by atoms with Gasteiger partial charge in [-0.2, -0.15) is 57.1 Å². The number of halogens is 13. The molecule has 0 spiro atoms. The summed E-state index contributed by atoms with van der Waals surface area (Å²) < 4.78 is 214. The maximum Gasteiger partial charge on any atom is 0.460 e. The zero-order chi connectivity index (χ0) is 36.3. The highest BCUT2D eigenvalue weighted by Gasteiger charge is 2.92. The molecule has 10 nitrogen and oxygen atoms in total. The predicted molar refractivity (Wildman–Crippen MR) is 129 cm³/mol. The average Bonchev–Trinajstić information content (AvgIpc) is 2.98. The molecule has 0 aromatic heterocycles. The molecule has 0 atom stereocenters. The van der Waals surface area contributed by atoms with Crippen molar-refractivity contribution in [2.45, 2.75) is 35.8 Å². The average molecular weight is 731 g/mol. The lowest BCUT2D eigenvalue weighted by molar-refractivity contribution is -0.437. The number of ether oxygens (including phenoxy) is 9. The van der Waals surface area contributed by atoms with Crippen LogP contribution < -0.4 is 0 Å². The molecule has 0 amide bonds. The first-order chi connectivity index (χ1) is 21.7. The van der Waals surface area contributed by atoms with Crippen molar-refractivity contribution in [2.75, 3.05) is 113 Å². The van der Waals surface area contributed by atoms with Gasteiger partial charge in [0, 0.05) is 7.11 Å². The van der Waals surface area contributed by atoms with Crippen molar-refractivity contribution in [3.05, 3.63) is 0 Å². The summed E-state index contributed by atoms with van der Waals surface area (Å²) in [6, 6.07) is 0. The Bertz CT molecular complexity index is 849. The van der Waals surface area contributed by atoms with Crippen molar-refractivity contribution >= 4 is 5.97 Å². The molecule has 47 heavy (non-hydrogen) atoms. The highest BCUT2D eigenvalue weighted by Crippen LogP contribution is 2.60. The molecule has 282 valence electrons. The van der Waals surface area contributed by atoms with E-state index in [2.05, 4.69) is 4.74 Å². The summed E-state index contributed by atoms with van der Waals surface area (Å²) in [4.78, 5) is 11.2. The fraction of sp³-hybridized carbons (Fsp3) is 0.958. The van der Waals surface area contributed by atoms with Crippen LogP contribution in [0.4, 0.5) is 57.1 Å². The number of hydrogen-bond acceptors (Lipinski definition) is 10. The van der Waals surface area contributed by atoms with Crippen LogP contribution in [0.2, 0.25) is 0 Å². The molecule has 0 aliphatic rings. The molecule has 0 radical (unpaired) electrons. The van der Waals surface area contributed by atoms with Crippen LogP contribution >= 0.6 is 0 Å². The van der Waals surface area contributed by atoms with Crippen molar-refractivity contribution in [3.63, 3.8) is 0 Å². The standard InChI is InChI=1S/C24H35F13O10/c1-39-2-3-40-4-5-41-6-7-42-8-9-43-10-11-44-12-13-45-14-15-46-16-17-47-18(38)19(25,26)20(27,28)21(29,30)22(31,32)23(33,34)24(35,36)37/h2-17H2,1H3. The van der Waals surface area contributed by atoms with Crippen LogP contribution in [-0.4, -0.2) is 155 Å². The van der Waals surface area contributed by atoms with Crippen LogP contribution in [0.1, 0.15) is 0 Å². The van der Waals surface area contributed by atoms with E-state index in [1.54, 1.807) is 7.11 Å². The second-order valence-corrected chi connectivity index (χ2v) is 8.79. The van der Waals surface area contributed by atoms with Gasteiger partial charge in [0.05, 0.1) is 99.1 Å². The third-order valence-electron chi connectivity index (χ3n) is 5.31. The third kappa shape index (κ3) is 13.9. The summed E-state index contributed by atoms with van der Waals surface area (Å²) in [5.41, 5.74) is 0. The van der Waals surface area contributed by atoms with Gasteiger partial charge in [-0.1, -0.05) is 0 Å².